The van der Waals surface area contributed by atoms with Gasteiger partial charge in [0.05, 0.1) is 4.92 Å². The van der Waals surface area contributed by atoms with Crippen LogP contribution in [0, 0.1) is 15.9 Å². The zero-order valence-corrected chi connectivity index (χ0v) is 10.7. The fraction of sp³-hybridized carbons (Fsp3) is 0.417. The van der Waals surface area contributed by atoms with Crippen LogP contribution < -0.4 is 4.90 Å². The molecule has 1 unspecified atom stereocenters. The molecule has 0 bridgehead atoms. The lowest BCUT2D eigenvalue weighted by molar-refractivity contribution is -0.386. The highest BCUT2D eigenvalue weighted by atomic mass is 19.1. The molecular weight excluding hydrogens is 253 g/mol. The second-order valence-electron chi connectivity index (χ2n) is 4.54. The normalized spacial score (nSPS) is 18.8. The molecule has 0 aliphatic carbocycles. The van der Waals surface area contributed by atoms with Crippen molar-refractivity contribution < 1.29 is 14.1 Å². The monoisotopic (exact) mass is 267 g/mol. The summed E-state index contributed by atoms with van der Waals surface area (Å²) < 4.78 is 13.6. The number of nitro benzene ring substituents is 1. The lowest BCUT2D eigenvalue weighted by Gasteiger charge is -2.24. The van der Waals surface area contributed by atoms with E-state index in [-0.39, 0.29) is 11.6 Å². The van der Waals surface area contributed by atoms with Crippen LogP contribution in [-0.4, -0.2) is 42.4 Å². The van der Waals surface area contributed by atoms with Crippen LogP contribution in [-0.2, 0) is 4.79 Å². The van der Waals surface area contributed by atoms with E-state index in [1.165, 1.54) is 17.0 Å². The Kier molecular flexibility index (Phi) is 3.37. The Morgan fingerprint density at radius 2 is 2.21 bits per heavy atom. The lowest BCUT2D eigenvalue weighted by atomic mass is 10.1. The van der Waals surface area contributed by atoms with Crippen molar-refractivity contribution >= 4 is 17.3 Å². The number of benzene rings is 1. The molecule has 1 heterocycles. The quantitative estimate of drug-likeness (QED) is 0.613. The summed E-state index contributed by atoms with van der Waals surface area (Å²) in [4.78, 5) is 25.1. The molecular formula is C12H14FN3O3. The average molecular weight is 267 g/mol. The number of likely N-dealkylation sites (N-methyl/N-ethyl adjacent to an activating group) is 2. The Balaban J connectivity index is 2.39. The van der Waals surface area contributed by atoms with E-state index in [4.69, 9.17) is 0 Å². The molecule has 1 aliphatic heterocycles. The number of hydrogen-bond donors (Lipinski definition) is 0. The number of nitro groups is 1. The summed E-state index contributed by atoms with van der Waals surface area (Å²) in [5, 5.41) is 11.0. The van der Waals surface area contributed by atoms with Gasteiger partial charge in [-0.25, -0.2) is 0 Å². The van der Waals surface area contributed by atoms with E-state index in [0.29, 0.717) is 13.0 Å². The predicted octanol–water partition coefficient (Wildman–Crippen LogP) is 1.40. The molecule has 19 heavy (non-hydrogen) atoms. The van der Waals surface area contributed by atoms with Crippen LogP contribution in [0.4, 0.5) is 15.8 Å². The fourth-order valence-corrected chi connectivity index (χ4v) is 2.30. The third-order valence-electron chi connectivity index (χ3n) is 3.39. The van der Waals surface area contributed by atoms with Gasteiger partial charge in [-0.1, -0.05) is 6.07 Å². The molecule has 1 aromatic rings. The smallest absolute Gasteiger partial charge is 0.327 e. The van der Waals surface area contributed by atoms with Crippen molar-refractivity contribution in [3.63, 3.8) is 0 Å². The van der Waals surface area contributed by atoms with E-state index in [9.17, 15) is 19.3 Å². The van der Waals surface area contributed by atoms with Gasteiger partial charge in [-0.3, -0.25) is 14.9 Å². The minimum Gasteiger partial charge on any atom is -0.357 e. The first-order valence-corrected chi connectivity index (χ1v) is 5.84. The zero-order valence-electron chi connectivity index (χ0n) is 10.7. The van der Waals surface area contributed by atoms with E-state index >= 15 is 0 Å². The van der Waals surface area contributed by atoms with Crippen LogP contribution in [0.5, 0.6) is 0 Å². The van der Waals surface area contributed by atoms with Crippen molar-refractivity contribution in [2.75, 3.05) is 25.5 Å². The van der Waals surface area contributed by atoms with E-state index in [1.807, 2.05) is 0 Å². The molecule has 1 atom stereocenters. The van der Waals surface area contributed by atoms with Crippen LogP contribution in [0.3, 0.4) is 0 Å². The summed E-state index contributed by atoms with van der Waals surface area (Å²) in [5.41, 5.74) is -0.467. The molecule has 2 rings (SSSR count). The largest absolute Gasteiger partial charge is 0.357 e. The van der Waals surface area contributed by atoms with Gasteiger partial charge in [-0.15, -0.1) is 0 Å². The number of likely N-dealkylation sites (tertiary alicyclic amines) is 1. The fourth-order valence-electron chi connectivity index (χ4n) is 2.30. The van der Waals surface area contributed by atoms with Gasteiger partial charge in [0, 0.05) is 20.6 Å². The van der Waals surface area contributed by atoms with Gasteiger partial charge >= 0.3 is 5.69 Å². The maximum atomic E-state index is 13.6. The molecule has 1 saturated heterocycles. The number of carbonyl (C=O) groups is 1. The van der Waals surface area contributed by atoms with Gasteiger partial charge in [0.25, 0.3) is 0 Å². The van der Waals surface area contributed by atoms with Crippen molar-refractivity contribution in [1.82, 2.24) is 4.90 Å². The molecule has 1 aliphatic rings. The van der Waals surface area contributed by atoms with Gasteiger partial charge < -0.3 is 9.80 Å². The highest BCUT2D eigenvalue weighted by molar-refractivity contribution is 5.87. The maximum Gasteiger partial charge on any atom is 0.327 e. The summed E-state index contributed by atoms with van der Waals surface area (Å²) >= 11 is 0. The molecule has 0 aromatic heterocycles. The summed E-state index contributed by atoms with van der Waals surface area (Å²) in [7, 11) is 3.25. The van der Waals surface area contributed by atoms with Crippen molar-refractivity contribution in [2.45, 2.75) is 12.5 Å². The van der Waals surface area contributed by atoms with Crippen molar-refractivity contribution in [2.24, 2.45) is 0 Å². The minimum atomic E-state index is -0.895. The van der Waals surface area contributed by atoms with E-state index in [2.05, 4.69) is 0 Å². The Labute approximate surface area is 109 Å². The summed E-state index contributed by atoms with van der Waals surface area (Å²) in [6, 6.07) is 3.41. The van der Waals surface area contributed by atoms with Gasteiger partial charge in [0.1, 0.15) is 11.7 Å². The maximum absolute atomic E-state index is 13.6. The number of carbonyl (C=O) groups excluding carboxylic acids is 1. The first kappa shape index (κ1) is 13.3. The number of halogens is 1. The highest BCUT2D eigenvalue weighted by Crippen LogP contribution is 2.32. The van der Waals surface area contributed by atoms with Gasteiger partial charge in [-0.2, -0.15) is 4.39 Å². The highest BCUT2D eigenvalue weighted by Gasteiger charge is 2.35. The molecule has 0 saturated carbocycles. The summed E-state index contributed by atoms with van der Waals surface area (Å²) in [6.45, 7) is 0.594. The Morgan fingerprint density at radius 1 is 1.53 bits per heavy atom. The second kappa shape index (κ2) is 4.83. The molecule has 1 fully saturated rings. The third-order valence-corrected chi connectivity index (χ3v) is 3.39. The Bertz CT molecular complexity index is 535. The van der Waals surface area contributed by atoms with Crippen LogP contribution in [0.2, 0.25) is 0 Å². The lowest BCUT2D eigenvalue weighted by Crippen LogP contribution is -2.38. The number of nitrogens with zero attached hydrogens (tertiary/aromatic N) is 3. The van der Waals surface area contributed by atoms with Crippen molar-refractivity contribution in [3.05, 3.63) is 34.1 Å². The molecule has 1 aromatic carbocycles. The van der Waals surface area contributed by atoms with E-state index in [0.717, 1.165) is 6.07 Å². The first-order chi connectivity index (χ1) is 8.93. The van der Waals surface area contributed by atoms with Gasteiger partial charge in [0.15, 0.2) is 0 Å². The van der Waals surface area contributed by atoms with E-state index in [1.54, 1.807) is 19.0 Å². The molecule has 0 spiro atoms. The van der Waals surface area contributed by atoms with Crippen LogP contribution in [0.1, 0.15) is 6.42 Å². The topological polar surface area (TPSA) is 66.7 Å². The number of hydrogen-bond acceptors (Lipinski definition) is 4. The summed E-state index contributed by atoms with van der Waals surface area (Å²) in [6.07, 6.45) is 0.569. The zero-order chi connectivity index (χ0) is 14.2. The average Bonchev–Trinajstić information content (AvgIpc) is 2.68. The number of rotatable bonds is 3. The van der Waals surface area contributed by atoms with Gasteiger partial charge in [0.2, 0.25) is 11.7 Å². The second-order valence-corrected chi connectivity index (χ2v) is 4.54. The van der Waals surface area contributed by atoms with Gasteiger partial charge in [-0.05, 0) is 18.6 Å². The number of anilines is 1. The van der Waals surface area contributed by atoms with Crippen molar-refractivity contribution in [3.8, 4) is 0 Å². The predicted molar refractivity (Wildman–Crippen MR) is 67.5 cm³/mol. The minimum absolute atomic E-state index is 0.110. The Morgan fingerprint density at radius 3 is 2.74 bits per heavy atom. The molecule has 0 N–H and O–H groups in total. The SMILES string of the molecule is CN1CCC(N(C)c2cccc(F)c2[N+](=O)[O-])C1=O. The van der Waals surface area contributed by atoms with Crippen LogP contribution >= 0.6 is 0 Å². The number of para-hydroxylation sites is 1. The molecule has 7 heteroatoms. The third kappa shape index (κ3) is 2.23. The molecule has 1 amide bonds. The summed E-state index contributed by atoms with van der Waals surface area (Å²) in [5.74, 6) is -1.01. The van der Waals surface area contributed by atoms with Crippen LogP contribution in [0.25, 0.3) is 0 Å². The standard InChI is InChI=1S/C12H14FN3O3/c1-14-7-6-10(12(14)17)15(2)9-5-3-4-8(13)11(9)16(18)19/h3-5,10H,6-7H2,1-2H3. The molecule has 0 radical (unpaired) electrons. The molecule has 102 valence electrons. The first-order valence-electron chi connectivity index (χ1n) is 5.84. The van der Waals surface area contributed by atoms with E-state index < -0.39 is 22.5 Å². The molecule has 6 nitrogen and oxygen atoms in total. The van der Waals surface area contributed by atoms with Crippen molar-refractivity contribution in [1.29, 1.82) is 0 Å². The Hall–Kier alpha value is -2.18. The number of amides is 1. The van der Waals surface area contributed by atoms with Crippen LogP contribution in [0.15, 0.2) is 18.2 Å².